The second-order valence-electron chi connectivity index (χ2n) is 5.32. The Morgan fingerprint density at radius 2 is 2.30 bits per heavy atom. The minimum atomic E-state index is -0.149. The van der Waals surface area contributed by atoms with E-state index in [2.05, 4.69) is 39.8 Å². The molecule has 1 aromatic rings. The molecule has 0 saturated carbocycles. The van der Waals surface area contributed by atoms with Crippen molar-refractivity contribution in [1.82, 2.24) is 10.6 Å². The maximum atomic E-state index is 11.9. The molecule has 0 spiro atoms. The number of benzene rings is 1. The van der Waals surface area contributed by atoms with Crippen molar-refractivity contribution >= 4 is 11.6 Å². The van der Waals surface area contributed by atoms with Gasteiger partial charge in [-0.05, 0) is 24.5 Å². The van der Waals surface area contributed by atoms with Gasteiger partial charge < -0.3 is 10.2 Å². The average molecular weight is 271 g/mol. The van der Waals surface area contributed by atoms with E-state index < -0.39 is 0 Å². The molecule has 106 valence electrons. The third kappa shape index (κ3) is 2.85. The molecule has 4 heteroatoms. The first-order chi connectivity index (χ1) is 9.84. The first-order valence-electron chi connectivity index (χ1n) is 7.35. The Kier molecular flexibility index (Phi) is 4.02. The van der Waals surface area contributed by atoms with Crippen LogP contribution in [0.2, 0.25) is 0 Å². The maximum absolute atomic E-state index is 11.9. The van der Waals surface area contributed by atoms with Gasteiger partial charge in [0, 0.05) is 31.9 Å². The molecule has 2 N–H and O–H groups in total. The number of anilines is 1. The van der Waals surface area contributed by atoms with Crippen molar-refractivity contribution in [2.24, 2.45) is 0 Å². The van der Waals surface area contributed by atoms with Crippen molar-refractivity contribution < 1.29 is 4.79 Å². The second-order valence-corrected chi connectivity index (χ2v) is 5.32. The minimum Gasteiger partial charge on any atom is -0.370 e. The van der Waals surface area contributed by atoms with Gasteiger partial charge in [-0.25, -0.2) is 0 Å². The second kappa shape index (κ2) is 6.09. The van der Waals surface area contributed by atoms with Gasteiger partial charge in [0.05, 0.1) is 0 Å². The van der Waals surface area contributed by atoms with E-state index in [9.17, 15) is 4.79 Å². The monoisotopic (exact) mass is 271 g/mol. The van der Waals surface area contributed by atoms with Crippen molar-refractivity contribution in [2.75, 3.05) is 31.1 Å². The zero-order chi connectivity index (χ0) is 13.8. The Labute approximate surface area is 119 Å². The van der Waals surface area contributed by atoms with Crippen LogP contribution < -0.4 is 15.5 Å². The topological polar surface area (TPSA) is 44.4 Å². The smallest absolute Gasteiger partial charge is 0.241 e. The Bertz CT molecular complexity index is 512. The van der Waals surface area contributed by atoms with Crippen LogP contribution in [-0.4, -0.2) is 38.1 Å². The zero-order valence-electron chi connectivity index (χ0n) is 11.6. The predicted molar refractivity (Wildman–Crippen MR) is 80.9 cm³/mol. The van der Waals surface area contributed by atoms with Gasteiger partial charge in [-0.3, -0.25) is 10.1 Å². The van der Waals surface area contributed by atoms with Gasteiger partial charge in [0.25, 0.3) is 0 Å². The Balaban J connectivity index is 1.52. The molecule has 0 saturated heterocycles. The Morgan fingerprint density at radius 1 is 1.40 bits per heavy atom. The molecule has 0 unspecified atom stereocenters. The third-order valence-electron chi connectivity index (χ3n) is 3.95. The van der Waals surface area contributed by atoms with Crippen molar-refractivity contribution in [3.8, 4) is 0 Å². The molecule has 2 aliphatic heterocycles. The summed E-state index contributed by atoms with van der Waals surface area (Å²) in [5.74, 6) is 0.0732. The fraction of sp³-hybridized carbons (Fsp3) is 0.438. The first kappa shape index (κ1) is 13.2. The van der Waals surface area contributed by atoms with Gasteiger partial charge in [-0.15, -0.1) is 0 Å². The summed E-state index contributed by atoms with van der Waals surface area (Å²) < 4.78 is 0. The SMILES string of the molecule is O=C(NCCN1CCCc2ccccc21)[C@H]1C=CCN1. The zero-order valence-corrected chi connectivity index (χ0v) is 11.6. The molecule has 0 aromatic heterocycles. The highest BCUT2D eigenvalue weighted by molar-refractivity contribution is 5.84. The number of hydrogen-bond acceptors (Lipinski definition) is 3. The molecule has 1 amide bonds. The molecule has 1 atom stereocenters. The Hall–Kier alpha value is -1.81. The number of amides is 1. The van der Waals surface area contributed by atoms with E-state index in [0.717, 1.165) is 26.1 Å². The van der Waals surface area contributed by atoms with Crippen molar-refractivity contribution in [3.05, 3.63) is 42.0 Å². The van der Waals surface area contributed by atoms with E-state index in [1.165, 1.54) is 17.7 Å². The highest BCUT2D eigenvalue weighted by Gasteiger charge is 2.18. The van der Waals surface area contributed by atoms with E-state index >= 15 is 0 Å². The molecular formula is C16H21N3O. The van der Waals surface area contributed by atoms with Gasteiger partial charge in [-0.2, -0.15) is 0 Å². The van der Waals surface area contributed by atoms with Crippen LogP contribution in [0.15, 0.2) is 36.4 Å². The summed E-state index contributed by atoms with van der Waals surface area (Å²) in [4.78, 5) is 14.3. The van der Waals surface area contributed by atoms with Crippen LogP contribution >= 0.6 is 0 Å². The quantitative estimate of drug-likeness (QED) is 0.806. The number of aryl methyl sites for hydroxylation is 1. The molecule has 0 bridgehead atoms. The molecule has 1 aromatic carbocycles. The van der Waals surface area contributed by atoms with Crippen LogP contribution in [0.3, 0.4) is 0 Å². The molecule has 4 nitrogen and oxygen atoms in total. The summed E-state index contributed by atoms with van der Waals surface area (Å²) in [6, 6.07) is 8.42. The van der Waals surface area contributed by atoms with E-state index in [-0.39, 0.29) is 11.9 Å². The predicted octanol–water partition coefficient (Wildman–Crippen LogP) is 1.08. The number of hydrogen-bond donors (Lipinski definition) is 2. The van der Waals surface area contributed by atoms with Gasteiger partial charge in [-0.1, -0.05) is 30.4 Å². The number of nitrogens with zero attached hydrogens (tertiary/aromatic N) is 1. The molecule has 2 aliphatic rings. The van der Waals surface area contributed by atoms with E-state index in [4.69, 9.17) is 0 Å². The molecule has 0 fully saturated rings. The van der Waals surface area contributed by atoms with Crippen LogP contribution in [0.25, 0.3) is 0 Å². The number of para-hydroxylation sites is 1. The molecule has 20 heavy (non-hydrogen) atoms. The van der Waals surface area contributed by atoms with Crippen molar-refractivity contribution in [2.45, 2.75) is 18.9 Å². The van der Waals surface area contributed by atoms with E-state index in [1.54, 1.807) is 0 Å². The molecular weight excluding hydrogens is 250 g/mol. The van der Waals surface area contributed by atoms with Crippen LogP contribution in [0.4, 0.5) is 5.69 Å². The Morgan fingerprint density at radius 3 is 3.15 bits per heavy atom. The fourth-order valence-corrected chi connectivity index (χ4v) is 2.92. The van der Waals surface area contributed by atoms with Crippen molar-refractivity contribution in [3.63, 3.8) is 0 Å². The third-order valence-corrected chi connectivity index (χ3v) is 3.95. The summed E-state index contributed by atoms with van der Waals surface area (Å²) in [6.45, 7) is 3.43. The molecule has 3 rings (SSSR count). The summed E-state index contributed by atoms with van der Waals surface area (Å²) in [7, 11) is 0. The summed E-state index contributed by atoms with van der Waals surface area (Å²) in [5.41, 5.74) is 2.75. The highest BCUT2D eigenvalue weighted by atomic mass is 16.2. The van der Waals surface area contributed by atoms with Gasteiger partial charge in [0.1, 0.15) is 6.04 Å². The van der Waals surface area contributed by atoms with Gasteiger partial charge in [0.2, 0.25) is 5.91 Å². The van der Waals surface area contributed by atoms with E-state index in [1.807, 2.05) is 12.2 Å². The lowest BCUT2D eigenvalue weighted by molar-refractivity contribution is -0.121. The van der Waals surface area contributed by atoms with Gasteiger partial charge >= 0.3 is 0 Å². The lowest BCUT2D eigenvalue weighted by Crippen LogP contribution is -2.44. The summed E-state index contributed by atoms with van der Waals surface area (Å²) in [5, 5.41) is 6.13. The van der Waals surface area contributed by atoms with Crippen LogP contribution in [0.5, 0.6) is 0 Å². The largest absolute Gasteiger partial charge is 0.370 e. The normalized spacial score (nSPS) is 20.8. The lowest BCUT2D eigenvalue weighted by Gasteiger charge is -2.31. The fourth-order valence-electron chi connectivity index (χ4n) is 2.92. The number of nitrogens with one attached hydrogen (secondary N) is 2. The molecule has 0 aliphatic carbocycles. The average Bonchev–Trinajstić information content (AvgIpc) is 3.02. The van der Waals surface area contributed by atoms with Crippen LogP contribution in [-0.2, 0) is 11.2 Å². The van der Waals surface area contributed by atoms with Crippen molar-refractivity contribution in [1.29, 1.82) is 0 Å². The minimum absolute atomic E-state index is 0.0732. The number of carbonyl (C=O) groups is 1. The molecule has 2 heterocycles. The standard InChI is InChI=1S/C16H21N3O/c20-16(14-7-3-9-17-14)18-10-12-19-11-4-6-13-5-1-2-8-15(13)19/h1-3,5,7-8,14,17H,4,6,9-12H2,(H,18,20)/t14-/m1/s1. The lowest BCUT2D eigenvalue weighted by atomic mass is 10.0. The summed E-state index contributed by atoms with van der Waals surface area (Å²) in [6.07, 6.45) is 6.27. The van der Waals surface area contributed by atoms with Crippen LogP contribution in [0.1, 0.15) is 12.0 Å². The van der Waals surface area contributed by atoms with E-state index in [0.29, 0.717) is 6.54 Å². The number of rotatable bonds is 4. The maximum Gasteiger partial charge on any atom is 0.241 e. The van der Waals surface area contributed by atoms with Crippen LogP contribution in [0, 0.1) is 0 Å². The number of carbonyl (C=O) groups excluding carboxylic acids is 1. The first-order valence-corrected chi connectivity index (χ1v) is 7.35. The molecule has 0 radical (unpaired) electrons. The number of fused-ring (bicyclic) bond motifs is 1. The van der Waals surface area contributed by atoms with Gasteiger partial charge in [0.15, 0.2) is 0 Å². The highest BCUT2D eigenvalue weighted by Crippen LogP contribution is 2.25. The summed E-state index contributed by atoms with van der Waals surface area (Å²) >= 11 is 0.